The third-order valence-corrected chi connectivity index (χ3v) is 4.06. The molecule has 3 N–H and O–H groups in total. The van der Waals surface area contributed by atoms with Crippen molar-refractivity contribution in [3.05, 3.63) is 65.7 Å². The van der Waals surface area contributed by atoms with Gasteiger partial charge in [-0.1, -0.05) is 30.3 Å². The fourth-order valence-electron chi connectivity index (χ4n) is 2.05. The highest BCUT2D eigenvalue weighted by atomic mass is 32.2. The lowest BCUT2D eigenvalue weighted by atomic mass is 10.1. The lowest BCUT2D eigenvalue weighted by Gasteiger charge is -2.12. The average molecular weight is 300 g/mol. The Balaban J connectivity index is 1.81. The molecular weight excluding hydrogens is 280 g/mol. The van der Waals surface area contributed by atoms with E-state index in [0.717, 1.165) is 16.9 Å². The van der Waals surface area contributed by atoms with Gasteiger partial charge in [-0.25, -0.2) is 0 Å². The highest BCUT2D eigenvalue weighted by Crippen LogP contribution is 2.15. The molecule has 2 rings (SSSR count). The van der Waals surface area contributed by atoms with Crippen LogP contribution in [-0.2, 0) is 0 Å². The molecule has 0 aromatic heterocycles. The van der Waals surface area contributed by atoms with Crippen LogP contribution in [0.25, 0.3) is 0 Å². The van der Waals surface area contributed by atoms with Gasteiger partial charge in [-0.05, 0) is 42.5 Å². The summed E-state index contributed by atoms with van der Waals surface area (Å²) in [5, 5.41) is 2.91. The highest BCUT2D eigenvalue weighted by molar-refractivity contribution is 7.98. The standard InChI is InChI=1S/C17H20N2OS/c1-21-15-9-7-14(8-10-15)17(20)19-12-11-16(18)13-5-3-2-4-6-13/h2-10,16H,11-12,18H2,1H3,(H,19,20). The van der Waals surface area contributed by atoms with E-state index in [9.17, 15) is 4.79 Å². The van der Waals surface area contributed by atoms with Crippen molar-refractivity contribution < 1.29 is 4.79 Å². The van der Waals surface area contributed by atoms with Gasteiger partial charge in [0, 0.05) is 23.0 Å². The van der Waals surface area contributed by atoms with Gasteiger partial charge in [0.05, 0.1) is 0 Å². The van der Waals surface area contributed by atoms with Gasteiger partial charge in [0.25, 0.3) is 5.91 Å². The second-order valence-corrected chi connectivity index (χ2v) is 5.67. The van der Waals surface area contributed by atoms with E-state index >= 15 is 0 Å². The van der Waals surface area contributed by atoms with Crippen molar-refractivity contribution in [3.8, 4) is 0 Å². The molecule has 2 aromatic rings. The summed E-state index contributed by atoms with van der Waals surface area (Å²) in [5.41, 5.74) is 7.88. The molecule has 21 heavy (non-hydrogen) atoms. The van der Waals surface area contributed by atoms with Crippen molar-refractivity contribution in [1.82, 2.24) is 5.32 Å². The summed E-state index contributed by atoms with van der Waals surface area (Å²) >= 11 is 1.66. The Bertz CT molecular complexity index is 569. The SMILES string of the molecule is CSc1ccc(C(=O)NCCC(N)c2ccccc2)cc1. The zero-order chi connectivity index (χ0) is 15.1. The predicted molar refractivity (Wildman–Crippen MR) is 88.5 cm³/mol. The van der Waals surface area contributed by atoms with Crippen LogP contribution in [0.5, 0.6) is 0 Å². The van der Waals surface area contributed by atoms with Crippen LogP contribution in [0.4, 0.5) is 0 Å². The van der Waals surface area contributed by atoms with E-state index < -0.39 is 0 Å². The summed E-state index contributed by atoms with van der Waals surface area (Å²) < 4.78 is 0. The molecule has 0 saturated heterocycles. The molecule has 0 bridgehead atoms. The number of benzene rings is 2. The normalized spacial score (nSPS) is 11.9. The smallest absolute Gasteiger partial charge is 0.251 e. The van der Waals surface area contributed by atoms with Crippen molar-refractivity contribution >= 4 is 17.7 Å². The zero-order valence-corrected chi connectivity index (χ0v) is 12.9. The van der Waals surface area contributed by atoms with Crippen molar-refractivity contribution in [2.24, 2.45) is 5.73 Å². The Labute approximate surface area is 129 Å². The molecule has 1 amide bonds. The minimum Gasteiger partial charge on any atom is -0.352 e. The first-order valence-corrected chi connectivity index (χ1v) is 8.16. The first-order chi connectivity index (χ1) is 10.2. The maximum absolute atomic E-state index is 12.0. The monoisotopic (exact) mass is 300 g/mol. The topological polar surface area (TPSA) is 55.1 Å². The van der Waals surface area contributed by atoms with Crippen LogP contribution in [0.1, 0.15) is 28.4 Å². The van der Waals surface area contributed by atoms with E-state index in [0.29, 0.717) is 12.1 Å². The van der Waals surface area contributed by atoms with E-state index in [1.807, 2.05) is 60.9 Å². The summed E-state index contributed by atoms with van der Waals surface area (Å²) in [6, 6.07) is 17.5. The molecule has 0 aliphatic carbocycles. The number of amides is 1. The Hall–Kier alpha value is -1.78. The number of rotatable bonds is 6. The van der Waals surface area contributed by atoms with Crippen molar-refractivity contribution in [2.45, 2.75) is 17.4 Å². The van der Waals surface area contributed by atoms with Crippen LogP contribution in [0.15, 0.2) is 59.5 Å². The molecule has 2 aromatic carbocycles. The molecule has 1 unspecified atom stereocenters. The minimum absolute atomic E-state index is 0.0506. The lowest BCUT2D eigenvalue weighted by Crippen LogP contribution is -2.27. The molecule has 110 valence electrons. The average Bonchev–Trinajstić information content (AvgIpc) is 2.55. The van der Waals surface area contributed by atoms with Gasteiger partial charge in [0.15, 0.2) is 0 Å². The second kappa shape index (κ2) is 7.86. The molecule has 0 heterocycles. The predicted octanol–water partition coefficient (Wildman–Crippen LogP) is 3.23. The number of thioether (sulfide) groups is 1. The van der Waals surface area contributed by atoms with Gasteiger partial charge in [0.2, 0.25) is 0 Å². The Kier molecular flexibility index (Phi) is 5.84. The van der Waals surface area contributed by atoms with Crippen molar-refractivity contribution in [3.63, 3.8) is 0 Å². The summed E-state index contributed by atoms with van der Waals surface area (Å²) in [4.78, 5) is 13.2. The maximum Gasteiger partial charge on any atom is 0.251 e. The van der Waals surface area contributed by atoms with Gasteiger partial charge in [0.1, 0.15) is 0 Å². The van der Waals surface area contributed by atoms with Crippen LogP contribution < -0.4 is 11.1 Å². The molecule has 0 aliphatic heterocycles. The van der Waals surface area contributed by atoms with Gasteiger partial charge < -0.3 is 11.1 Å². The van der Waals surface area contributed by atoms with Gasteiger partial charge >= 0.3 is 0 Å². The molecule has 4 heteroatoms. The summed E-state index contributed by atoms with van der Waals surface area (Å²) in [5.74, 6) is -0.0529. The summed E-state index contributed by atoms with van der Waals surface area (Å²) in [7, 11) is 0. The maximum atomic E-state index is 12.0. The van der Waals surface area contributed by atoms with Crippen molar-refractivity contribution in [1.29, 1.82) is 0 Å². The fourth-order valence-corrected chi connectivity index (χ4v) is 2.46. The number of hydrogen-bond acceptors (Lipinski definition) is 3. The number of hydrogen-bond donors (Lipinski definition) is 2. The second-order valence-electron chi connectivity index (χ2n) is 4.79. The van der Waals surface area contributed by atoms with E-state index in [4.69, 9.17) is 5.73 Å². The Morgan fingerprint density at radius 3 is 2.43 bits per heavy atom. The molecule has 1 atom stereocenters. The van der Waals surface area contributed by atoms with Gasteiger partial charge in [-0.15, -0.1) is 11.8 Å². The quantitative estimate of drug-likeness (QED) is 0.805. The van der Waals surface area contributed by atoms with Crippen LogP contribution >= 0.6 is 11.8 Å². The molecule has 0 saturated carbocycles. The number of carbonyl (C=O) groups excluding carboxylic acids is 1. The van der Waals surface area contributed by atoms with E-state index in [-0.39, 0.29) is 11.9 Å². The van der Waals surface area contributed by atoms with E-state index in [2.05, 4.69) is 5.32 Å². The molecule has 0 fully saturated rings. The summed E-state index contributed by atoms with van der Waals surface area (Å²) in [6.07, 6.45) is 2.73. The molecular formula is C17H20N2OS. The number of carbonyl (C=O) groups is 1. The van der Waals surface area contributed by atoms with Gasteiger partial charge in [-0.2, -0.15) is 0 Å². The number of nitrogens with two attached hydrogens (primary N) is 1. The summed E-state index contributed by atoms with van der Waals surface area (Å²) in [6.45, 7) is 0.569. The Morgan fingerprint density at radius 2 is 1.81 bits per heavy atom. The molecule has 0 radical (unpaired) electrons. The van der Waals surface area contributed by atoms with Crippen molar-refractivity contribution in [2.75, 3.05) is 12.8 Å². The number of nitrogens with one attached hydrogen (secondary N) is 1. The van der Waals surface area contributed by atoms with Gasteiger partial charge in [-0.3, -0.25) is 4.79 Å². The zero-order valence-electron chi connectivity index (χ0n) is 12.1. The first kappa shape index (κ1) is 15.6. The Morgan fingerprint density at radius 1 is 1.14 bits per heavy atom. The largest absolute Gasteiger partial charge is 0.352 e. The third kappa shape index (κ3) is 4.62. The third-order valence-electron chi connectivity index (χ3n) is 3.32. The van der Waals surface area contributed by atoms with Crippen LogP contribution in [-0.4, -0.2) is 18.7 Å². The fraction of sp³-hybridized carbons (Fsp3) is 0.235. The van der Waals surface area contributed by atoms with E-state index in [1.165, 1.54) is 0 Å². The minimum atomic E-state index is -0.0529. The molecule has 0 aliphatic rings. The lowest BCUT2D eigenvalue weighted by molar-refractivity contribution is 0.0952. The van der Waals surface area contributed by atoms with E-state index in [1.54, 1.807) is 11.8 Å². The molecule has 0 spiro atoms. The first-order valence-electron chi connectivity index (χ1n) is 6.93. The van der Waals surface area contributed by atoms with Crippen LogP contribution in [0.2, 0.25) is 0 Å². The highest BCUT2D eigenvalue weighted by Gasteiger charge is 2.08. The van der Waals surface area contributed by atoms with Crippen LogP contribution in [0.3, 0.4) is 0 Å². The van der Waals surface area contributed by atoms with Crippen LogP contribution in [0, 0.1) is 0 Å². The molecule has 3 nitrogen and oxygen atoms in total.